The van der Waals surface area contributed by atoms with Crippen LogP contribution in [0.1, 0.15) is 36.3 Å². The molecular weight excluding hydrogens is 324 g/mol. The number of benzene rings is 1. The highest BCUT2D eigenvalue weighted by molar-refractivity contribution is 5.96. The van der Waals surface area contributed by atoms with Crippen molar-refractivity contribution < 1.29 is 19.4 Å². The molecule has 0 bridgehead atoms. The SMILES string of the molecule is CCOc1ccccc1N(C)C(=O)C1CC(n2cc(C(=O)O)nn2)C1. The number of carboxylic acids is 1. The highest BCUT2D eigenvalue weighted by Gasteiger charge is 2.38. The Morgan fingerprint density at radius 2 is 2.08 bits per heavy atom. The fourth-order valence-electron chi connectivity index (χ4n) is 2.96. The molecule has 25 heavy (non-hydrogen) atoms. The topological polar surface area (TPSA) is 97.5 Å². The van der Waals surface area contributed by atoms with Gasteiger partial charge in [-0.25, -0.2) is 9.48 Å². The Hall–Kier alpha value is -2.90. The van der Waals surface area contributed by atoms with Gasteiger partial charge in [0.2, 0.25) is 5.91 Å². The van der Waals surface area contributed by atoms with Gasteiger partial charge in [0, 0.05) is 13.0 Å². The number of hydrogen-bond donors (Lipinski definition) is 1. The van der Waals surface area contributed by atoms with E-state index in [1.165, 1.54) is 10.9 Å². The van der Waals surface area contributed by atoms with Gasteiger partial charge in [0.25, 0.3) is 0 Å². The van der Waals surface area contributed by atoms with Gasteiger partial charge >= 0.3 is 5.97 Å². The summed E-state index contributed by atoms with van der Waals surface area (Å²) in [7, 11) is 1.74. The molecule has 0 aliphatic heterocycles. The van der Waals surface area contributed by atoms with E-state index < -0.39 is 5.97 Å². The van der Waals surface area contributed by atoms with Crippen LogP contribution in [-0.4, -0.2) is 45.6 Å². The van der Waals surface area contributed by atoms with E-state index in [2.05, 4.69) is 10.3 Å². The van der Waals surface area contributed by atoms with Gasteiger partial charge in [-0.05, 0) is 31.9 Å². The van der Waals surface area contributed by atoms with Gasteiger partial charge in [0.05, 0.1) is 24.5 Å². The van der Waals surface area contributed by atoms with Gasteiger partial charge in [-0.2, -0.15) is 0 Å². The summed E-state index contributed by atoms with van der Waals surface area (Å²) in [4.78, 5) is 25.2. The van der Waals surface area contributed by atoms with Crippen LogP contribution < -0.4 is 9.64 Å². The fourth-order valence-corrected chi connectivity index (χ4v) is 2.96. The molecule has 0 atom stereocenters. The fraction of sp³-hybridized carbons (Fsp3) is 0.412. The molecule has 1 N–H and O–H groups in total. The summed E-state index contributed by atoms with van der Waals surface area (Å²) in [5.41, 5.74) is 0.657. The molecule has 1 aromatic carbocycles. The second-order valence-corrected chi connectivity index (χ2v) is 6.01. The van der Waals surface area contributed by atoms with Gasteiger partial charge in [0.1, 0.15) is 5.75 Å². The number of carboxylic acid groups (broad SMARTS) is 1. The lowest BCUT2D eigenvalue weighted by Crippen LogP contribution is -2.41. The van der Waals surface area contributed by atoms with E-state index in [0.717, 1.165) is 5.69 Å². The van der Waals surface area contributed by atoms with Gasteiger partial charge in [-0.3, -0.25) is 4.79 Å². The van der Waals surface area contributed by atoms with E-state index in [4.69, 9.17) is 9.84 Å². The molecule has 1 saturated carbocycles. The first kappa shape index (κ1) is 16.9. The highest BCUT2D eigenvalue weighted by Crippen LogP contribution is 2.39. The van der Waals surface area contributed by atoms with E-state index in [1.54, 1.807) is 11.9 Å². The van der Waals surface area contributed by atoms with E-state index in [1.807, 2.05) is 31.2 Å². The monoisotopic (exact) mass is 344 g/mol. The summed E-state index contributed by atoms with van der Waals surface area (Å²) in [6.07, 6.45) is 2.63. The number of amides is 1. The molecule has 8 nitrogen and oxygen atoms in total. The second kappa shape index (κ2) is 6.92. The largest absolute Gasteiger partial charge is 0.492 e. The van der Waals surface area contributed by atoms with E-state index in [0.29, 0.717) is 25.2 Å². The van der Waals surface area contributed by atoms with E-state index in [9.17, 15) is 9.59 Å². The average Bonchev–Trinajstić information content (AvgIpc) is 3.03. The Morgan fingerprint density at radius 3 is 2.72 bits per heavy atom. The highest BCUT2D eigenvalue weighted by atomic mass is 16.5. The van der Waals surface area contributed by atoms with Crippen molar-refractivity contribution in [1.29, 1.82) is 0 Å². The maximum absolute atomic E-state index is 12.7. The van der Waals surface area contributed by atoms with Crippen LogP contribution in [0.15, 0.2) is 30.5 Å². The maximum atomic E-state index is 12.7. The molecule has 8 heteroatoms. The van der Waals surface area contributed by atoms with Crippen LogP contribution >= 0.6 is 0 Å². The third-order valence-corrected chi connectivity index (χ3v) is 4.42. The second-order valence-electron chi connectivity index (χ2n) is 6.01. The summed E-state index contributed by atoms with van der Waals surface area (Å²) in [6, 6.07) is 7.44. The van der Waals surface area contributed by atoms with E-state index >= 15 is 0 Å². The Bertz CT molecular complexity index is 782. The maximum Gasteiger partial charge on any atom is 0.358 e. The Balaban J connectivity index is 1.64. The Kier molecular flexibility index (Phi) is 4.69. The number of para-hydroxylation sites is 2. The van der Waals surface area contributed by atoms with Gasteiger partial charge in [-0.15, -0.1) is 5.10 Å². The van der Waals surface area contributed by atoms with Crippen molar-refractivity contribution in [3.63, 3.8) is 0 Å². The summed E-state index contributed by atoms with van der Waals surface area (Å²) in [5.74, 6) is -0.534. The number of aromatic nitrogens is 3. The molecule has 1 fully saturated rings. The standard InChI is InChI=1S/C17H20N4O4/c1-3-25-15-7-5-4-6-14(15)20(2)16(22)11-8-12(9-11)21-10-13(17(23)24)18-19-21/h4-7,10-12H,3,8-9H2,1-2H3,(H,23,24). The van der Waals surface area contributed by atoms with Crippen LogP contribution in [0.2, 0.25) is 0 Å². The van der Waals surface area contributed by atoms with Gasteiger partial charge in [0.15, 0.2) is 5.69 Å². The molecule has 1 amide bonds. The summed E-state index contributed by atoms with van der Waals surface area (Å²) in [6.45, 7) is 2.43. The number of rotatable bonds is 6. The molecule has 1 heterocycles. The molecule has 3 rings (SSSR count). The average molecular weight is 344 g/mol. The van der Waals surface area contributed by atoms with Gasteiger partial charge < -0.3 is 14.7 Å². The Morgan fingerprint density at radius 1 is 1.36 bits per heavy atom. The lowest BCUT2D eigenvalue weighted by molar-refractivity contribution is -0.125. The Labute approximate surface area is 145 Å². The quantitative estimate of drug-likeness (QED) is 0.860. The van der Waals surface area contributed by atoms with Crippen LogP contribution in [0.4, 0.5) is 5.69 Å². The minimum absolute atomic E-state index is 0.00471. The minimum atomic E-state index is -1.11. The van der Waals surface area contributed by atoms with Crippen molar-refractivity contribution in [1.82, 2.24) is 15.0 Å². The number of hydrogen-bond acceptors (Lipinski definition) is 5. The molecule has 132 valence electrons. The van der Waals surface area contributed by atoms with Crippen LogP contribution in [0.3, 0.4) is 0 Å². The first-order chi connectivity index (χ1) is 12.0. The number of carbonyl (C=O) groups excluding carboxylic acids is 1. The molecular formula is C17H20N4O4. The zero-order chi connectivity index (χ0) is 18.0. The zero-order valence-corrected chi connectivity index (χ0v) is 14.1. The van der Waals surface area contributed by atoms with Crippen LogP contribution in [0.25, 0.3) is 0 Å². The van der Waals surface area contributed by atoms with Crippen molar-refractivity contribution in [3.8, 4) is 5.75 Å². The summed E-state index contributed by atoms with van der Waals surface area (Å²) >= 11 is 0. The van der Waals surface area contributed by atoms with Gasteiger partial charge in [-0.1, -0.05) is 17.3 Å². The van der Waals surface area contributed by atoms with Crippen LogP contribution in [0.5, 0.6) is 5.75 Å². The first-order valence-electron chi connectivity index (χ1n) is 8.15. The molecule has 0 unspecified atom stereocenters. The molecule has 0 spiro atoms. The van der Waals surface area contributed by atoms with Crippen molar-refractivity contribution in [2.75, 3.05) is 18.6 Å². The molecule has 1 aromatic heterocycles. The van der Waals surface area contributed by atoms with Crippen molar-refractivity contribution in [2.45, 2.75) is 25.8 Å². The molecule has 1 aliphatic carbocycles. The number of aromatic carboxylic acids is 1. The van der Waals surface area contributed by atoms with Crippen molar-refractivity contribution in [2.24, 2.45) is 5.92 Å². The van der Waals surface area contributed by atoms with Crippen LogP contribution in [-0.2, 0) is 4.79 Å². The third-order valence-electron chi connectivity index (χ3n) is 4.42. The van der Waals surface area contributed by atoms with Crippen LogP contribution in [0, 0.1) is 5.92 Å². The van der Waals surface area contributed by atoms with E-state index in [-0.39, 0.29) is 23.6 Å². The molecule has 1 aliphatic rings. The normalized spacial score (nSPS) is 19.1. The minimum Gasteiger partial charge on any atom is -0.492 e. The molecule has 2 aromatic rings. The van der Waals surface area contributed by atoms with Crippen molar-refractivity contribution in [3.05, 3.63) is 36.2 Å². The lowest BCUT2D eigenvalue weighted by Gasteiger charge is -2.36. The molecule has 0 saturated heterocycles. The van der Waals surface area contributed by atoms with Crippen molar-refractivity contribution >= 4 is 17.6 Å². The number of carbonyl (C=O) groups is 2. The first-order valence-corrected chi connectivity index (χ1v) is 8.15. The summed E-state index contributed by atoms with van der Waals surface area (Å²) < 4.78 is 7.11. The third kappa shape index (κ3) is 3.33. The number of anilines is 1. The number of nitrogens with zero attached hydrogens (tertiary/aromatic N) is 4. The smallest absolute Gasteiger partial charge is 0.358 e. The number of ether oxygens (including phenoxy) is 1. The predicted octanol–water partition coefficient (Wildman–Crippen LogP) is 1.99. The summed E-state index contributed by atoms with van der Waals surface area (Å²) in [5, 5.41) is 16.3. The predicted molar refractivity (Wildman–Crippen MR) is 89.8 cm³/mol. The zero-order valence-electron chi connectivity index (χ0n) is 14.1. The molecule has 0 radical (unpaired) electrons. The lowest BCUT2D eigenvalue weighted by atomic mass is 9.79.